The lowest BCUT2D eigenvalue weighted by molar-refractivity contribution is -0.116. The maximum Gasteiger partial charge on any atom is 0.225 e. The third kappa shape index (κ3) is 6.81. The summed E-state index contributed by atoms with van der Waals surface area (Å²) in [6.07, 6.45) is 1.55. The first-order valence-electron chi connectivity index (χ1n) is 9.16. The molecule has 2 aromatic rings. The molecular weight excluding hydrogens is 360 g/mol. The molecule has 0 radical (unpaired) electrons. The molecule has 5 nitrogen and oxygen atoms in total. The van der Waals surface area contributed by atoms with Gasteiger partial charge in [-0.2, -0.15) is 0 Å². The van der Waals surface area contributed by atoms with E-state index in [0.717, 1.165) is 16.8 Å². The second-order valence-corrected chi connectivity index (χ2v) is 8.96. The first kappa shape index (κ1) is 21.1. The van der Waals surface area contributed by atoms with Gasteiger partial charge in [0.15, 0.2) is 0 Å². The van der Waals surface area contributed by atoms with Crippen molar-refractivity contribution in [3.63, 3.8) is 0 Å². The summed E-state index contributed by atoms with van der Waals surface area (Å²) in [4.78, 5) is 14.5. The van der Waals surface area contributed by atoms with Crippen LogP contribution >= 0.6 is 0 Å². The highest BCUT2D eigenvalue weighted by atomic mass is 32.2. The van der Waals surface area contributed by atoms with Gasteiger partial charge >= 0.3 is 0 Å². The van der Waals surface area contributed by atoms with Crippen molar-refractivity contribution in [2.24, 2.45) is 0 Å². The molecule has 0 aliphatic carbocycles. The standard InChI is InChI=1S/C21H28N2O3S/c1-4-23(17(2)16-27(3,25)26)15-14-21(24)22-20-13-9-8-12-19(20)18-10-6-5-7-11-18/h5-13,17H,4,14-16H2,1-3H3,(H,22,24). The number of anilines is 1. The van der Waals surface area contributed by atoms with Gasteiger partial charge in [0, 0.05) is 36.5 Å². The highest BCUT2D eigenvalue weighted by molar-refractivity contribution is 7.90. The van der Waals surface area contributed by atoms with Crippen LogP contribution in [0.4, 0.5) is 5.69 Å². The lowest BCUT2D eigenvalue weighted by atomic mass is 10.0. The molecule has 0 heterocycles. The molecule has 27 heavy (non-hydrogen) atoms. The fourth-order valence-electron chi connectivity index (χ4n) is 3.15. The molecule has 2 aromatic carbocycles. The van der Waals surface area contributed by atoms with Crippen molar-refractivity contribution in [3.05, 3.63) is 54.6 Å². The van der Waals surface area contributed by atoms with Crippen LogP contribution in [-0.4, -0.2) is 50.4 Å². The number of para-hydroxylation sites is 1. The maximum absolute atomic E-state index is 12.5. The summed E-state index contributed by atoms with van der Waals surface area (Å²) in [7, 11) is -3.04. The van der Waals surface area contributed by atoms with Gasteiger partial charge in [-0.15, -0.1) is 0 Å². The number of benzene rings is 2. The summed E-state index contributed by atoms with van der Waals surface area (Å²) in [5.74, 6) is 0.0163. The fraction of sp³-hybridized carbons (Fsp3) is 0.381. The van der Waals surface area contributed by atoms with Gasteiger partial charge in [-0.05, 0) is 25.1 Å². The number of carbonyl (C=O) groups is 1. The van der Waals surface area contributed by atoms with Crippen molar-refractivity contribution in [1.29, 1.82) is 0 Å². The normalized spacial score (nSPS) is 12.7. The largest absolute Gasteiger partial charge is 0.325 e. The van der Waals surface area contributed by atoms with Crippen molar-refractivity contribution in [2.45, 2.75) is 26.3 Å². The van der Waals surface area contributed by atoms with Crippen LogP contribution < -0.4 is 5.32 Å². The number of nitrogens with zero attached hydrogens (tertiary/aromatic N) is 1. The quantitative estimate of drug-likeness (QED) is 0.715. The van der Waals surface area contributed by atoms with Crippen molar-refractivity contribution in [3.8, 4) is 11.1 Å². The van der Waals surface area contributed by atoms with Gasteiger partial charge in [-0.1, -0.05) is 55.5 Å². The molecule has 1 amide bonds. The third-order valence-corrected chi connectivity index (χ3v) is 5.57. The monoisotopic (exact) mass is 388 g/mol. The topological polar surface area (TPSA) is 66.5 Å². The Labute approximate surface area is 162 Å². The molecule has 0 aliphatic rings. The second-order valence-electron chi connectivity index (χ2n) is 6.78. The number of sulfone groups is 1. The van der Waals surface area contributed by atoms with Crippen molar-refractivity contribution in [2.75, 3.05) is 30.4 Å². The molecule has 0 saturated carbocycles. The lowest BCUT2D eigenvalue weighted by Crippen LogP contribution is -2.39. The van der Waals surface area contributed by atoms with E-state index in [-0.39, 0.29) is 17.7 Å². The zero-order valence-electron chi connectivity index (χ0n) is 16.2. The van der Waals surface area contributed by atoms with Gasteiger partial charge < -0.3 is 5.32 Å². The Hall–Kier alpha value is -2.18. The predicted octanol–water partition coefficient (Wildman–Crippen LogP) is 3.44. The summed E-state index contributed by atoms with van der Waals surface area (Å²) in [6, 6.07) is 17.5. The van der Waals surface area contributed by atoms with Crippen LogP contribution in [0.1, 0.15) is 20.3 Å². The smallest absolute Gasteiger partial charge is 0.225 e. The van der Waals surface area contributed by atoms with Crippen LogP contribution in [0, 0.1) is 0 Å². The van der Waals surface area contributed by atoms with Gasteiger partial charge in [0.1, 0.15) is 9.84 Å². The van der Waals surface area contributed by atoms with E-state index in [1.54, 1.807) is 0 Å². The van der Waals surface area contributed by atoms with E-state index < -0.39 is 9.84 Å². The third-order valence-electron chi connectivity index (χ3n) is 4.49. The van der Waals surface area contributed by atoms with E-state index in [2.05, 4.69) is 5.32 Å². The fourth-order valence-corrected chi connectivity index (χ4v) is 4.24. The Bertz CT molecular complexity index is 851. The molecule has 1 atom stereocenters. The minimum Gasteiger partial charge on any atom is -0.325 e. The van der Waals surface area contributed by atoms with Crippen LogP contribution in [0.2, 0.25) is 0 Å². The number of amides is 1. The summed E-state index contributed by atoms with van der Waals surface area (Å²) >= 11 is 0. The Morgan fingerprint density at radius 3 is 2.33 bits per heavy atom. The van der Waals surface area contributed by atoms with Crippen LogP contribution in [0.3, 0.4) is 0 Å². The van der Waals surface area contributed by atoms with Crippen molar-refractivity contribution >= 4 is 21.4 Å². The van der Waals surface area contributed by atoms with Crippen LogP contribution in [0.15, 0.2) is 54.6 Å². The van der Waals surface area contributed by atoms with Gasteiger partial charge in [-0.3, -0.25) is 9.69 Å². The van der Waals surface area contributed by atoms with Crippen LogP contribution in [0.5, 0.6) is 0 Å². The molecule has 0 spiro atoms. The second kappa shape index (κ2) is 9.67. The first-order valence-corrected chi connectivity index (χ1v) is 11.2. The van der Waals surface area contributed by atoms with E-state index in [4.69, 9.17) is 0 Å². The molecule has 6 heteroatoms. The molecule has 1 unspecified atom stereocenters. The zero-order chi connectivity index (χ0) is 19.9. The van der Waals surface area contributed by atoms with E-state index in [1.807, 2.05) is 73.3 Å². The van der Waals surface area contributed by atoms with E-state index in [0.29, 0.717) is 19.5 Å². The molecule has 0 fully saturated rings. The number of carbonyl (C=O) groups excluding carboxylic acids is 1. The van der Waals surface area contributed by atoms with Crippen LogP contribution in [0.25, 0.3) is 11.1 Å². The molecule has 0 saturated heterocycles. The summed E-state index contributed by atoms with van der Waals surface area (Å²) in [6.45, 7) is 5.08. The Morgan fingerprint density at radius 1 is 1.07 bits per heavy atom. The number of rotatable bonds is 9. The molecular formula is C21H28N2O3S. The average Bonchev–Trinajstić information content (AvgIpc) is 2.62. The van der Waals surface area contributed by atoms with Crippen LogP contribution in [-0.2, 0) is 14.6 Å². The number of nitrogens with one attached hydrogen (secondary N) is 1. The SMILES string of the molecule is CCN(CCC(=O)Nc1ccccc1-c1ccccc1)C(C)CS(C)(=O)=O. The van der Waals surface area contributed by atoms with Gasteiger partial charge in [0.05, 0.1) is 5.75 Å². The van der Waals surface area contributed by atoms with Gasteiger partial charge in [-0.25, -0.2) is 8.42 Å². The van der Waals surface area contributed by atoms with E-state index in [9.17, 15) is 13.2 Å². The highest BCUT2D eigenvalue weighted by Gasteiger charge is 2.18. The Balaban J connectivity index is 2.00. The average molecular weight is 389 g/mol. The zero-order valence-corrected chi connectivity index (χ0v) is 17.0. The van der Waals surface area contributed by atoms with E-state index in [1.165, 1.54) is 6.26 Å². The number of hydrogen-bond donors (Lipinski definition) is 1. The molecule has 0 aliphatic heterocycles. The van der Waals surface area contributed by atoms with Crippen molar-refractivity contribution in [1.82, 2.24) is 4.90 Å². The van der Waals surface area contributed by atoms with E-state index >= 15 is 0 Å². The number of hydrogen-bond acceptors (Lipinski definition) is 4. The molecule has 0 aromatic heterocycles. The first-order chi connectivity index (χ1) is 12.8. The summed E-state index contributed by atoms with van der Waals surface area (Å²) in [5, 5.41) is 2.99. The summed E-state index contributed by atoms with van der Waals surface area (Å²) in [5.41, 5.74) is 2.80. The Morgan fingerprint density at radius 2 is 1.70 bits per heavy atom. The summed E-state index contributed by atoms with van der Waals surface area (Å²) < 4.78 is 23.0. The predicted molar refractivity (Wildman–Crippen MR) is 112 cm³/mol. The lowest BCUT2D eigenvalue weighted by Gasteiger charge is -2.27. The minimum absolute atomic E-state index is 0.0802. The van der Waals surface area contributed by atoms with Gasteiger partial charge in [0.25, 0.3) is 0 Å². The molecule has 0 bridgehead atoms. The highest BCUT2D eigenvalue weighted by Crippen LogP contribution is 2.27. The molecule has 146 valence electrons. The van der Waals surface area contributed by atoms with Crippen molar-refractivity contribution < 1.29 is 13.2 Å². The Kier molecular flexibility index (Phi) is 7.56. The maximum atomic E-state index is 12.5. The molecule has 2 rings (SSSR count). The van der Waals surface area contributed by atoms with Gasteiger partial charge in [0.2, 0.25) is 5.91 Å². The molecule has 1 N–H and O–H groups in total. The minimum atomic E-state index is -3.04.